The van der Waals surface area contributed by atoms with Gasteiger partial charge in [-0.3, -0.25) is 9.59 Å². The minimum atomic E-state index is -1.39. The number of carbonyl (C=O) groups is 3. The SMILES string of the molecule is Cc1cc(O)cc(C)c1C[C@H](NC(=O)[C@@H](CCCn1ccnc1N)NC(=O)O)C(=O)N[C@@H](Cc1c[nH]c2ccc(F)cc12)c1nc(CC23CC4CC(CC(C4)C2)C3)no1. The highest BCUT2D eigenvalue weighted by Gasteiger charge is 2.51. The summed E-state index contributed by atoms with van der Waals surface area (Å²) in [7, 11) is 0. The van der Waals surface area contributed by atoms with Crippen LogP contribution in [0.2, 0.25) is 0 Å². The molecule has 3 amide bonds. The van der Waals surface area contributed by atoms with Gasteiger partial charge in [0.2, 0.25) is 17.7 Å². The number of aromatic nitrogens is 5. The van der Waals surface area contributed by atoms with Crippen molar-refractivity contribution in [1.29, 1.82) is 0 Å². The summed E-state index contributed by atoms with van der Waals surface area (Å²) in [5, 5.41) is 33.3. The number of nitrogen functional groups attached to an aromatic ring is 1. The number of benzene rings is 2. The number of halogens is 1. The van der Waals surface area contributed by atoms with Crippen molar-refractivity contribution in [2.75, 3.05) is 5.73 Å². The molecular formula is C43H52FN9O6. The van der Waals surface area contributed by atoms with Crippen LogP contribution in [0.3, 0.4) is 0 Å². The van der Waals surface area contributed by atoms with E-state index in [1.54, 1.807) is 55.2 Å². The number of imidazole rings is 1. The number of fused-ring (bicyclic) bond motifs is 1. The van der Waals surface area contributed by atoms with Gasteiger partial charge in [-0.05, 0) is 141 Å². The number of aromatic hydroxyl groups is 1. The maximum absolute atomic E-state index is 14.7. The molecule has 0 saturated heterocycles. The molecule has 5 aromatic rings. The van der Waals surface area contributed by atoms with Gasteiger partial charge in [-0.25, -0.2) is 14.2 Å². The highest BCUT2D eigenvalue weighted by Crippen LogP contribution is 2.61. The number of H-pyrrole nitrogens is 1. The zero-order valence-corrected chi connectivity index (χ0v) is 33.3. The molecule has 312 valence electrons. The molecule has 3 heterocycles. The second-order valence-electron chi connectivity index (χ2n) is 17.4. The van der Waals surface area contributed by atoms with Crippen LogP contribution in [0, 0.1) is 42.8 Å². The lowest BCUT2D eigenvalue weighted by atomic mass is 9.49. The number of hydrogen-bond donors (Lipinski definition) is 7. The highest BCUT2D eigenvalue weighted by atomic mass is 19.1. The van der Waals surface area contributed by atoms with Gasteiger partial charge >= 0.3 is 6.09 Å². The summed E-state index contributed by atoms with van der Waals surface area (Å²) < 4.78 is 22.2. The lowest BCUT2D eigenvalue weighted by molar-refractivity contribution is -0.130. The number of anilines is 1. The lowest BCUT2D eigenvalue weighted by Gasteiger charge is -2.56. The van der Waals surface area contributed by atoms with E-state index in [1.807, 2.05) is 0 Å². The number of hydrogen-bond acceptors (Lipinski definition) is 9. The Labute approximate surface area is 340 Å². The Hall–Kier alpha value is -5.93. The van der Waals surface area contributed by atoms with E-state index in [2.05, 4.69) is 31.1 Å². The van der Waals surface area contributed by atoms with Crippen molar-refractivity contribution in [2.45, 2.75) is 109 Å². The van der Waals surface area contributed by atoms with Crippen LogP contribution in [0.5, 0.6) is 5.75 Å². The fraction of sp³-hybridized carbons (Fsp3) is 0.488. The van der Waals surface area contributed by atoms with Crippen LogP contribution in [0.15, 0.2) is 53.4 Å². The fourth-order valence-electron chi connectivity index (χ4n) is 10.7. The van der Waals surface area contributed by atoms with Crippen molar-refractivity contribution in [3.8, 4) is 5.75 Å². The molecule has 4 bridgehead atoms. The number of phenolic OH excluding ortho intramolecular Hbond substituents is 1. The van der Waals surface area contributed by atoms with Gasteiger partial charge in [0.25, 0.3) is 0 Å². The molecule has 3 atom stereocenters. The third kappa shape index (κ3) is 8.91. The standard InChI is InChI=1S/C43H52FN9O6/c1-23-10-30(54)11-24(2)31(23)17-35(48-38(55)34(50-42(57)58)4-3-8-53-9-7-46-41(53)45)39(56)49-36(15-28-22-47-33-6-5-29(44)16-32(28)33)40-51-37(52-59-40)21-43-18-25-12-26(19-43)14-27(13-25)20-43/h5-7,9-11,16,22,25-27,34-36,47,50,54H,3-4,8,12-15,17-21H2,1-2H3,(H2,45,46)(H,48,55)(H,49,56)(H,57,58)/t25?,26?,27?,34-,35+,36+,43?/m1/s1. The molecule has 16 heteroatoms. The van der Waals surface area contributed by atoms with E-state index < -0.39 is 41.9 Å². The number of amides is 3. The summed E-state index contributed by atoms with van der Waals surface area (Å²) >= 11 is 0. The van der Waals surface area contributed by atoms with E-state index in [1.165, 1.54) is 31.4 Å². The predicted molar refractivity (Wildman–Crippen MR) is 215 cm³/mol. The maximum Gasteiger partial charge on any atom is 0.405 e. The molecule has 0 spiro atoms. The average molecular weight is 810 g/mol. The predicted octanol–water partition coefficient (Wildman–Crippen LogP) is 5.79. The van der Waals surface area contributed by atoms with Crippen LogP contribution in [0.4, 0.5) is 15.1 Å². The molecule has 59 heavy (non-hydrogen) atoms. The summed E-state index contributed by atoms with van der Waals surface area (Å²) in [5.74, 6) is 1.69. The van der Waals surface area contributed by atoms with Crippen molar-refractivity contribution >= 4 is 34.8 Å². The van der Waals surface area contributed by atoms with Crippen molar-refractivity contribution in [1.82, 2.24) is 40.6 Å². The lowest BCUT2D eigenvalue weighted by Crippen LogP contribution is -2.55. The summed E-state index contributed by atoms with van der Waals surface area (Å²) in [5.41, 5.74) is 9.60. The van der Waals surface area contributed by atoms with Crippen LogP contribution >= 0.6 is 0 Å². The largest absolute Gasteiger partial charge is 0.508 e. The molecule has 4 aliphatic rings. The van der Waals surface area contributed by atoms with E-state index in [-0.39, 0.29) is 36.3 Å². The molecule has 4 fully saturated rings. The van der Waals surface area contributed by atoms with E-state index in [4.69, 9.17) is 15.2 Å². The van der Waals surface area contributed by atoms with Crippen molar-refractivity contribution in [3.63, 3.8) is 0 Å². The van der Waals surface area contributed by atoms with Crippen LogP contribution in [0.1, 0.15) is 91.4 Å². The third-order valence-corrected chi connectivity index (χ3v) is 12.9. The van der Waals surface area contributed by atoms with E-state index in [0.717, 1.165) is 48.1 Å². The number of nitrogens with two attached hydrogens (primary N) is 1. The second-order valence-corrected chi connectivity index (χ2v) is 17.4. The summed E-state index contributed by atoms with van der Waals surface area (Å²) in [4.78, 5) is 52.6. The Morgan fingerprint density at radius 3 is 2.36 bits per heavy atom. The van der Waals surface area contributed by atoms with Crippen LogP contribution in [0.25, 0.3) is 10.9 Å². The number of rotatable bonds is 16. The number of aryl methyl sites for hydroxylation is 3. The van der Waals surface area contributed by atoms with Crippen molar-refractivity contribution in [3.05, 3.63) is 88.7 Å². The fourth-order valence-corrected chi connectivity index (χ4v) is 10.7. The zero-order valence-electron chi connectivity index (χ0n) is 33.3. The van der Waals surface area contributed by atoms with Crippen LogP contribution in [-0.4, -0.2) is 64.9 Å². The van der Waals surface area contributed by atoms with Gasteiger partial charge in [0.05, 0.1) is 0 Å². The molecule has 2 aromatic carbocycles. The van der Waals surface area contributed by atoms with E-state index >= 15 is 0 Å². The summed E-state index contributed by atoms with van der Waals surface area (Å²) in [6.07, 6.45) is 12.4. The number of carbonyl (C=O) groups excluding carboxylic acids is 2. The first-order valence-corrected chi connectivity index (χ1v) is 20.5. The van der Waals surface area contributed by atoms with E-state index in [0.29, 0.717) is 53.2 Å². The Bertz CT molecular complexity index is 2290. The first kappa shape index (κ1) is 39.9. The first-order valence-electron chi connectivity index (χ1n) is 20.5. The summed E-state index contributed by atoms with van der Waals surface area (Å²) in [6, 6.07) is 4.34. The van der Waals surface area contributed by atoms with Gasteiger partial charge in [0.15, 0.2) is 11.8 Å². The quantitative estimate of drug-likeness (QED) is 0.0635. The van der Waals surface area contributed by atoms with Crippen molar-refractivity contribution < 1.29 is 33.5 Å². The minimum absolute atomic E-state index is 0.0208. The molecule has 15 nitrogen and oxygen atoms in total. The summed E-state index contributed by atoms with van der Waals surface area (Å²) in [6.45, 7) is 4.00. The molecule has 4 saturated carbocycles. The Morgan fingerprint density at radius 1 is 1.00 bits per heavy atom. The molecule has 4 aliphatic carbocycles. The molecule has 8 N–H and O–H groups in total. The first-order chi connectivity index (χ1) is 28.3. The number of carboxylic acid groups (broad SMARTS) is 1. The number of phenols is 1. The topological polar surface area (TPSA) is 226 Å². The van der Waals surface area contributed by atoms with E-state index in [9.17, 15) is 29.0 Å². The Balaban J connectivity index is 1.07. The Kier molecular flexibility index (Phi) is 11.1. The van der Waals surface area contributed by atoms with Gasteiger partial charge in [0, 0.05) is 55.3 Å². The molecule has 0 aliphatic heterocycles. The monoisotopic (exact) mass is 809 g/mol. The molecule has 0 radical (unpaired) electrons. The van der Waals surface area contributed by atoms with Gasteiger partial charge in [-0.1, -0.05) is 5.16 Å². The minimum Gasteiger partial charge on any atom is -0.508 e. The second kappa shape index (κ2) is 16.4. The Morgan fingerprint density at radius 2 is 1.69 bits per heavy atom. The zero-order chi connectivity index (χ0) is 41.4. The van der Waals surface area contributed by atoms with Crippen LogP contribution in [-0.2, 0) is 35.4 Å². The smallest absolute Gasteiger partial charge is 0.405 e. The third-order valence-electron chi connectivity index (χ3n) is 12.9. The molecular weight excluding hydrogens is 758 g/mol. The molecule has 0 unspecified atom stereocenters. The molecule has 9 rings (SSSR count). The number of nitrogens with zero attached hydrogens (tertiary/aromatic N) is 4. The van der Waals surface area contributed by atoms with Crippen molar-refractivity contribution in [2.24, 2.45) is 23.2 Å². The average Bonchev–Trinajstić information content (AvgIpc) is 3.91. The van der Waals surface area contributed by atoms with Gasteiger partial charge in [0.1, 0.15) is 29.7 Å². The molecule has 3 aromatic heterocycles. The van der Waals surface area contributed by atoms with Gasteiger partial charge < -0.3 is 46.0 Å². The number of aromatic amines is 1. The van der Waals surface area contributed by atoms with Crippen LogP contribution < -0.4 is 21.7 Å². The van der Waals surface area contributed by atoms with Gasteiger partial charge in [-0.15, -0.1) is 0 Å². The highest BCUT2D eigenvalue weighted by molar-refractivity contribution is 5.91. The normalized spacial score (nSPS) is 22.3. The van der Waals surface area contributed by atoms with Gasteiger partial charge in [-0.2, -0.15) is 4.98 Å². The maximum atomic E-state index is 14.7. The number of nitrogens with one attached hydrogen (secondary N) is 4.